The second-order valence-electron chi connectivity index (χ2n) is 9.57. The van der Waals surface area contributed by atoms with Crippen molar-refractivity contribution in [1.29, 1.82) is 0 Å². The topological polar surface area (TPSA) is 96.0 Å². The van der Waals surface area contributed by atoms with E-state index in [1.165, 1.54) is 10.6 Å². The van der Waals surface area contributed by atoms with Gasteiger partial charge in [-0.1, -0.05) is 45.0 Å². The van der Waals surface area contributed by atoms with Gasteiger partial charge >= 0.3 is 0 Å². The number of carbonyl (C=O) groups excluding carboxylic acids is 2. The molecule has 2 rings (SSSR count). The van der Waals surface area contributed by atoms with Gasteiger partial charge in [0.1, 0.15) is 11.8 Å². The van der Waals surface area contributed by atoms with Gasteiger partial charge in [-0.05, 0) is 68.0 Å². The van der Waals surface area contributed by atoms with Crippen LogP contribution in [0.5, 0.6) is 5.75 Å². The molecule has 0 spiro atoms. The number of benzene rings is 2. The van der Waals surface area contributed by atoms with Crippen LogP contribution in [0.2, 0.25) is 0 Å². The minimum absolute atomic E-state index is 0.00672. The van der Waals surface area contributed by atoms with Gasteiger partial charge in [0, 0.05) is 25.6 Å². The van der Waals surface area contributed by atoms with Crippen LogP contribution in [-0.2, 0) is 32.6 Å². The molecule has 0 aliphatic carbocycles. The van der Waals surface area contributed by atoms with Crippen molar-refractivity contribution in [1.82, 2.24) is 10.2 Å². The largest absolute Gasteiger partial charge is 0.497 e. The molecule has 0 aliphatic heterocycles. The van der Waals surface area contributed by atoms with Crippen molar-refractivity contribution in [3.05, 3.63) is 59.7 Å². The van der Waals surface area contributed by atoms with Crippen molar-refractivity contribution in [3.63, 3.8) is 0 Å². The molecule has 0 bridgehead atoms. The van der Waals surface area contributed by atoms with Gasteiger partial charge in [-0.3, -0.25) is 13.9 Å². The standard InChI is InChI=1S/C29H43N3O5S/c1-7-22(4)30-29(34)27(9-3)31(21-24-12-10-13-26(20-24)37-5)28(33)14-11-19-32(38(6,35)36)25-17-15-23(8-2)16-18-25/h10,12-13,15-18,20,22,27H,7-9,11,14,19,21H2,1-6H3,(H,30,34)/t22-,27-/m0/s1. The summed E-state index contributed by atoms with van der Waals surface area (Å²) in [6.45, 7) is 8.27. The van der Waals surface area contributed by atoms with E-state index in [0.717, 1.165) is 24.0 Å². The second kappa shape index (κ2) is 14.8. The van der Waals surface area contributed by atoms with Gasteiger partial charge in [0.05, 0.1) is 19.1 Å². The summed E-state index contributed by atoms with van der Waals surface area (Å²) < 4.78 is 31.7. The van der Waals surface area contributed by atoms with Gasteiger partial charge in [0.25, 0.3) is 0 Å². The van der Waals surface area contributed by atoms with Crippen molar-refractivity contribution in [2.45, 2.75) is 78.4 Å². The predicted octanol–water partition coefficient (Wildman–Crippen LogP) is 4.53. The maximum absolute atomic E-state index is 13.6. The lowest BCUT2D eigenvalue weighted by atomic mass is 10.1. The quantitative estimate of drug-likeness (QED) is 0.355. The fraction of sp³-hybridized carbons (Fsp3) is 0.517. The molecule has 0 saturated heterocycles. The highest BCUT2D eigenvalue weighted by Crippen LogP contribution is 2.21. The van der Waals surface area contributed by atoms with E-state index in [1.54, 1.807) is 24.1 Å². The monoisotopic (exact) mass is 545 g/mol. The van der Waals surface area contributed by atoms with Gasteiger partial charge in [0.2, 0.25) is 21.8 Å². The lowest BCUT2D eigenvalue weighted by Crippen LogP contribution is -2.50. The smallest absolute Gasteiger partial charge is 0.243 e. The van der Waals surface area contributed by atoms with E-state index >= 15 is 0 Å². The molecule has 0 radical (unpaired) electrons. The van der Waals surface area contributed by atoms with Gasteiger partial charge < -0.3 is 15.0 Å². The van der Waals surface area contributed by atoms with Crippen LogP contribution in [0, 0.1) is 0 Å². The number of carbonyl (C=O) groups is 2. The fourth-order valence-corrected chi connectivity index (χ4v) is 5.20. The maximum atomic E-state index is 13.6. The highest BCUT2D eigenvalue weighted by Gasteiger charge is 2.29. The highest BCUT2D eigenvalue weighted by atomic mass is 32.2. The van der Waals surface area contributed by atoms with Crippen molar-refractivity contribution >= 4 is 27.5 Å². The van der Waals surface area contributed by atoms with E-state index in [0.29, 0.717) is 24.3 Å². The van der Waals surface area contributed by atoms with Crippen LogP contribution in [0.1, 0.15) is 64.5 Å². The Morgan fingerprint density at radius 2 is 1.68 bits per heavy atom. The zero-order valence-electron chi connectivity index (χ0n) is 23.6. The molecule has 210 valence electrons. The van der Waals surface area contributed by atoms with Crippen molar-refractivity contribution in [2.75, 3.05) is 24.2 Å². The summed E-state index contributed by atoms with van der Waals surface area (Å²) in [4.78, 5) is 28.3. The molecular formula is C29H43N3O5S. The molecule has 2 amide bonds. The molecule has 2 aromatic carbocycles. The number of amides is 2. The van der Waals surface area contributed by atoms with Crippen LogP contribution in [-0.4, -0.2) is 57.1 Å². The highest BCUT2D eigenvalue weighted by molar-refractivity contribution is 7.92. The number of nitrogens with one attached hydrogen (secondary N) is 1. The number of sulfonamides is 1. The number of nitrogens with zero attached hydrogens (tertiary/aromatic N) is 2. The molecular weight excluding hydrogens is 502 g/mol. The molecule has 2 atom stereocenters. The van der Waals surface area contributed by atoms with Gasteiger partial charge in [-0.2, -0.15) is 0 Å². The molecule has 0 unspecified atom stereocenters. The minimum atomic E-state index is -3.53. The van der Waals surface area contributed by atoms with Gasteiger partial charge in [0.15, 0.2) is 0 Å². The lowest BCUT2D eigenvalue weighted by Gasteiger charge is -2.32. The summed E-state index contributed by atoms with van der Waals surface area (Å²) in [7, 11) is -1.95. The predicted molar refractivity (Wildman–Crippen MR) is 153 cm³/mol. The van der Waals surface area contributed by atoms with Crippen LogP contribution in [0.25, 0.3) is 0 Å². The Kier molecular flexibility index (Phi) is 12.1. The average Bonchev–Trinajstić information content (AvgIpc) is 2.90. The Morgan fingerprint density at radius 1 is 1.00 bits per heavy atom. The third kappa shape index (κ3) is 9.04. The van der Waals surface area contributed by atoms with Crippen molar-refractivity contribution in [2.24, 2.45) is 0 Å². The first-order valence-electron chi connectivity index (χ1n) is 13.3. The Labute approximate surface area is 228 Å². The number of methoxy groups -OCH3 is 1. The lowest BCUT2D eigenvalue weighted by molar-refractivity contribution is -0.141. The van der Waals surface area contributed by atoms with E-state index in [1.807, 2.05) is 64.1 Å². The molecule has 1 N–H and O–H groups in total. The number of aryl methyl sites for hydroxylation is 1. The molecule has 0 aromatic heterocycles. The number of hydrogen-bond acceptors (Lipinski definition) is 5. The van der Waals surface area contributed by atoms with E-state index in [2.05, 4.69) is 5.32 Å². The van der Waals surface area contributed by atoms with Crippen LogP contribution in [0.15, 0.2) is 48.5 Å². The summed E-state index contributed by atoms with van der Waals surface area (Å²) >= 11 is 0. The molecule has 38 heavy (non-hydrogen) atoms. The number of rotatable bonds is 15. The summed E-state index contributed by atoms with van der Waals surface area (Å²) in [5, 5.41) is 3.00. The Hall–Kier alpha value is -3.07. The van der Waals surface area contributed by atoms with Crippen molar-refractivity contribution < 1.29 is 22.7 Å². The SMILES string of the molecule is CCc1ccc(N(CCCC(=O)N(Cc2cccc(OC)c2)[C@@H](CC)C(=O)N[C@@H](C)CC)S(C)(=O)=O)cc1. The molecule has 2 aromatic rings. The number of hydrogen-bond donors (Lipinski definition) is 1. The normalized spacial score (nSPS) is 12.9. The van der Waals surface area contributed by atoms with Gasteiger partial charge in [-0.25, -0.2) is 8.42 Å². The molecule has 0 aliphatic rings. The first-order valence-corrected chi connectivity index (χ1v) is 15.2. The third-order valence-electron chi connectivity index (χ3n) is 6.66. The van der Waals surface area contributed by atoms with E-state index < -0.39 is 16.1 Å². The zero-order valence-corrected chi connectivity index (χ0v) is 24.4. The molecule has 9 heteroatoms. The van der Waals surface area contributed by atoms with Crippen LogP contribution >= 0.6 is 0 Å². The zero-order chi connectivity index (χ0) is 28.3. The summed E-state index contributed by atoms with van der Waals surface area (Å²) in [6.07, 6.45) is 3.70. The first kappa shape index (κ1) is 31.1. The Balaban J connectivity index is 2.24. The van der Waals surface area contributed by atoms with Crippen LogP contribution < -0.4 is 14.4 Å². The summed E-state index contributed by atoms with van der Waals surface area (Å²) in [6, 6.07) is 14.2. The average molecular weight is 546 g/mol. The third-order valence-corrected chi connectivity index (χ3v) is 7.85. The number of anilines is 1. The molecule has 0 fully saturated rings. The van der Waals surface area contributed by atoms with Crippen LogP contribution in [0.4, 0.5) is 5.69 Å². The fourth-order valence-electron chi connectivity index (χ4n) is 4.23. The van der Waals surface area contributed by atoms with E-state index in [-0.39, 0.29) is 37.4 Å². The van der Waals surface area contributed by atoms with Gasteiger partial charge in [-0.15, -0.1) is 0 Å². The summed E-state index contributed by atoms with van der Waals surface area (Å²) in [5.41, 5.74) is 2.54. The summed E-state index contributed by atoms with van der Waals surface area (Å²) in [5.74, 6) is 0.283. The van der Waals surface area contributed by atoms with Crippen LogP contribution in [0.3, 0.4) is 0 Å². The van der Waals surface area contributed by atoms with Crippen molar-refractivity contribution in [3.8, 4) is 5.75 Å². The first-order chi connectivity index (χ1) is 18.0. The minimum Gasteiger partial charge on any atom is -0.497 e. The molecule has 8 nitrogen and oxygen atoms in total. The molecule has 0 saturated carbocycles. The maximum Gasteiger partial charge on any atom is 0.243 e. The molecule has 0 heterocycles. The van der Waals surface area contributed by atoms with E-state index in [9.17, 15) is 18.0 Å². The Bertz CT molecular complexity index is 1150. The Morgan fingerprint density at radius 3 is 2.24 bits per heavy atom. The van der Waals surface area contributed by atoms with E-state index in [4.69, 9.17) is 4.74 Å². The second-order valence-corrected chi connectivity index (χ2v) is 11.5. The number of ether oxygens (including phenoxy) is 1.